The van der Waals surface area contributed by atoms with Crippen LogP contribution in [-0.2, 0) is 12.7 Å². The second-order valence-corrected chi connectivity index (χ2v) is 4.94. The van der Waals surface area contributed by atoms with E-state index in [4.69, 9.17) is 11.6 Å². The average Bonchev–Trinajstić information content (AvgIpc) is 2.44. The lowest BCUT2D eigenvalue weighted by atomic mass is 10.1. The Morgan fingerprint density at radius 3 is 2.50 bits per heavy atom. The molecule has 0 bridgehead atoms. The van der Waals surface area contributed by atoms with Gasteiger partial charge in [-0.25, -0.2) is 4.39 Å². The molecule has 0 aliphatic rings. The topological polar surface area (TPSA) is 29.1 Å². The van der Waals surface area contributed by atoms with E-state index in [2.05, 4.69) is 5.32 Å². The lowest BCUT2D eigenvalue weighted by molar-refractivity contribution is -0.137. The van der Waals surface area contributed by atoms with Crippen molar-refractivity contribution in [3.8, 4) is 0 Å². The summed E-state index contributed by atoms with van der Waals surface area (Å²) >= 11 is 5.58. The van der Waals surface area contributed by atoms with Crippen LogP contribution < -0.4 is 5.32 Å². The Morgan fingerprint density at radius 1 is 1.14 bits per heavy atom. The minimum atomic E-state index is -4.46. The lowest BCUT2D eigenvalue weighted by Crippen LogP contribution is -2.24. The zero-order valence-corrected chi connectivity index (χ0v) is 11.8. The van der Waals surface area contributed by atoms with E-state index >= 15 is 0 Å². The molecule has 0 unspecified atom stereocenters. The van der Waals surface area contributed by atoms with E-state index < -0.39 is 23.5 Å². The third kappa shape index (κ3) is 3.98. The predicted molar refractivity (Wildman–Crippen MR) is 74.0 cm³/mol. The van der Waals surface area contributed by atoms with Crippen LogP contribution in [0.5, 0.6) is 0 Å². The van der Waals surface area contributed by atoms with Gasteiger partial charge in [0.05, 0.1) is 11.1 Å². The van der Waals surface area contributed by atoms with Gasteiger partial charge in [0.25, 0.3) is 5.91 Å². The number of rotatable bonds is 3. The van der Waals surface area contributed by atoms with Gasteiger partial charge in [0.1, 0.15) is 5.82 Å². The maximum atomic E-state index is 13.6. The van der Waals surface area contributed by atoms with Crippen molar-refractivity contribution in [2.45, 2.75) is 12.7 Å². The summed E-state index contributed by atoms with van der Waals surface area (Å²) in [5.41, 5.74) is -0.772. The summed E-state index contributed by atoms with van der Waals surface area (Å²) in [7, 11) is 0. The number of hydrogen-bond donors (Lipinski definition) is 1. The summed E-state index contributed by atoms with van der Waals surface area (Å²) in [5, 5.41) is 2.51. The fourth-order valence-electron chi connectivity index (χ4n) is 1.81. The monoisotopic (exact) mass is 331 g/mol. The number of carbonyl (C=O) groups is 1. The number of carbonyl (C=O) groups excluding carboxylic acids is 1. The second kappa shape index (κ2) is 6.36. The fourth-order valence-corrected chi connectivity index (χ4v) is 1.97. The molecule has 1 N–H and O–H groups in total. The molecule has 0 heterocycles. The van der Waals surface area contributed by atoms with E-state index in [9.17, 15) is 22.4 Å². The number of hydrogen-bond acceptors (Lipinski definition) is 1. The van der Waals surface area contributed by atoms with Gasteiger partial charge in [0.2, 0.25) is 0 Å². The minimum Gasteiger partial charge on any atom is -0.348 e. The first-order valence-electron chi connectivity index (χ1n) is 6.17. The summed E-state index contributed by atoms with van der Waals surface area (Å²) in [4.78, 5) is 11.8. The molecule has 0 fully saturated rings. The van der Waals surface area contributed by atoms with Crippen LogP contribution in [0.2, 0.25) is 5.02 Å². The molecule has 0 saturated heterocycles. The van der Waals surface area contributed by atoms with E-state index in [0.29, 0.717) is 0 Å². The quantitative estimate of drug-likeness (QED) is 0.828. The zero-order chi connectivity index (χ0) is 16.3. The first kappa shape index (κ1) is 16.3. The van der Waals surface area contributed by atoms with Gasteiger partial charge in [-0.15, -0.1) is 0 Å². The van der Waals surface area contributed by atoms with E-state index in [-0.39, 0.29) is 22.7 Å². The Labute approximate surface area is 128 Å². The molecule has 1 amide bonds. The minimum absolute atomic E-state index is 0.145. The van der Waals surface area contributed by atoms with E-state index in [0.717, 1.165) is 18.2 Å². The summed E-state index contributed by atoms with van der Waals surface area (Å²) in [5.74, 6) is -1.53. The molecule has 0 saturated carbocycles. The smallest absolute Gasteiger partial charge is 0.348 e. The first-order valence-corrected chi connectivity index (χ1v) is 6.54. The van der Waals surface area contributed by atoms with Gasteiger partial charge in [-0.05, 0) is 35.9 Å². The van der Waals surface area contributed by atoms with E-state index in [1.54, 1.807) is 0 Å². The molecule has 2 nitrogen and oxygen atoms in total. The van der Waals surface area contributed by atoms with Crippen molar-refractivity contribution < 1.29 is 22.4 Å². The number of amides is 1. The molecular formula is C15H10ClF4NO. The summed E-state index contributed by atoms with van der Waals surface area (Å²) < 4.78 is 51.3. The van der Waals surface area contributed by atoms with Crippen molar-refractivity contribution in [1.29, 1.82) is 0 Å². The summed E-state index contributed by atoms with van der Waals surface area (Å²) in [6.45, 7) is -0.148. The van der Waals surface area contributed by atoms with E-state index in [1.807, 2.05) is 0 Å². The van der Waals surface area contributed by atoms with Gasteiger partial charge in [0.15, 0.2) is 0 Å². The van der Waals surface area contributed by atoms with Gasteiger partial charge in [-0.3, -0.25) is 4.79 Å². The number of nitrogens with one attached hydrogen (secondary N) is 1. The van der Waals surface area contributed by atoms with Crippen LogP contribution in [0.3, 0.4) is 0 Å². The molecule has 7 heteroatoms. The zero-order valence-electron chi connectivity index (χ0n) is 11.0. The molecule has 0 aromatic heterocycles. The van der Waals surface area contributed by atoms with Crippen molar-refractivity contribution in [3.05, 3.63) is 70.0 Å². The van der Waals surface area contributed by atoms with Crippen molar-refractivity contribution in [2.24, 2.45) is 0 Å². The highest BCUT2D eigenvalue weighted by Crippen LogP contribution is 2.29. The first-order chi connectivity index (χ1) is 10.3. The maximum absolute atomic E-state index is 13.6. The molecule has 2 aromatic carbocycles. The van der Waals surface area contributed by atoms with Crippen LogP contribution in [-0.4, -0.2) is 5.91 Å². The molecule has 0 aliphatic carbocycles. The molecule has 0 radical (unpaired) electrons. The summed E-state index contributed by atoms with van der Waals surface area (Å²) in [6.07, 6.45) is -4.46. The molecule has 22 heavy (non-hydrogen) atoms. The highest BCUT2D eigenvalue weighted by Gasteiger charge is 2.30. The van der Waals surface area contributed by atoms with Crippen LogP contribution >= 0.6 is 11.6 Å². The third-order valence-electron chi connectivity index (χ3n) is 2.88. The van der Waals surface area contributed by atoms with Crippen LogP contribution in [0.1, 0.15) is 21.5 Å². The fraction of sp³-hybridized carbons (Fsp3) is 0.133. The highest BCUT2D eigenvalue weighted by atomic mass is 35.5. The highest BCUT2D eigenvalue weighted by molar-refractivity contribution is 6.30. The van der Waals surface area contributed by atoms with Crippen LogP contribution in [0.25, 0.3) is 0 Å². The predicted octanol–water partition coefficient (Wildman–Crippen LogP) is 4.43. The SMILES string of the molecule is O=C(NCc1cccc(C(F)(F)F)c1)c1ccc(Cl)cc1F. The van der Waals surface area contributed by atoms with Crippen molar-refractivity contribution in [1.82, 2.24) is 5.32 Å². The Bertz CT molecular complexity index is 700. The number of benzene rings is 2. The molecule has 0 spiro atoms. The molecule has 2 aromatic rings. The molecule has 0 aliphatic heterocycles. The third-order valence-corrected chi connectivity index (χ3v) is 3.12. The van der Waals surface area contributed by atoms with Gasteiger partial charge in [-0.2, -0.15) is 13.2 Å². The Balaban J connectivity index is 2.08. The van der Waals surface area contributed by atoms with Gasteiger partial charge < -0.3 is 5.32 Å². The molecular weight excluding hydrogens is 322 g/mol. The molecule has 0 atom stereocenters. The van der Waals surface area contributed by atoms with Crippen LogP contribution in [0.15, 0.2) is 42.5 Å². The Morgan fingerprint density at radius 2 is 1.86 bits per heavy atom. The Kier molecular flexibility index (Phi) is 4.71. The number of halogens is 5. The van der Waals surface area contributed by atoms with Gasteiger partial charge in [-0.1, -0.05) is 23.7 Å². The van der Waals surface area contributed by atoms with E-state index in [1.165, 1.54) is 24.3 Å². The largest absolute Gasteiger partial charge is 0.416 e. The normalized spacial score (nSPS) is 11.3. The summed E-state index contributed by atoms with van der Waals surface area (Å²) in [6, 6.07) is 8.09. The van der Waals surface area contributed by atoms with Gasteiger partial charge in [0, 0.05) is 11.6 Å². The average molecular weight is 332 g/mol. The lowest BCUT2D eigenvalue weighted by Gasteiger charge is -2.10. The van der Waals surface area contributed by atoms with Crippen molar-refractivity contribution in [3.63, 3.8) is 0 Å². The number of alkyl halides is 3. The van der Waals surface area contributed by atoms with Crippen molar-refractivity contribution in [2.75, 3.05) is 0 Å². The second-order valence-electron chi connectivity index (χ2n) is 4.50. The van der Waals surface area contributed by atoms with Crippen LogP contribution in [0, 0.1) is 5.82 Å². The standard InChI is InChI=1S/C15H10ClF4NO/c16-11-4-5-12(13(17)7-11)14(22)21-8-9-2-1-3-10(6-9)15(18,19)20/h1-7H,8H2,(H,21,22). The van der Waals surface area contributed by atoms with Crippen molar-refractivity contribution >= 4 is 17.5 Å². The molecule has 116 valence electrons. The Hall–Kier alpha value is -2.08. The maximum Gasteiger partial charge on any atom is 0.416 e. The van der Waals surface area contributed by atoms with Crippen LogP contribution in [0.4, 0.5) is 17.6 Å². The van der Waals surface area contributed by atoms with Gasteiger partial charge >= 0.3 is 6.18 Å². The molecule has 2 rings (SSSR count).